The summed E-state index contributed by atoms with van der Waals surface area (Å²) >= 11 is 0. The smallest absolute Gasteiger partial charge is 0.355 e. The molecule has 2 aliphatic rings. The second-order valence-corrected chi connectivity index (χ2v) is 7.60. The lowest BCUT2D eigenvalue weighted by atomic mass is 10.1. The molecule has 0 spiro atoms. The van der Waals surface area contributed by atoms with Crippen molar-refractivity contribution in [3.63, 3.8) is 0 Å². The van der Waals surface area contributed by atoms with Gasteiger partial charge in [-0.05, 0) is 25.8 Å². The number of rotatable bonds is 8. The Labute approximate surface area is 169 Å². The number of hydrogen-bond acceptors (Lipinski definition) is 8. The Kier molecular flexibility index (Phi) is 5.63. The van der Waals surface area contributed by atoms with Crippen LogP contribution < -0.4 is 20.7 Å². The lowest BCUT2D eigenvalue weighted by molar-refractivity contribution is 0.0687. The van der Waals surface area contributed by atoms with Crippen LogP contribution in [0.5, 0.6) is 6.01 Å². The Hall–Kier alpha value is -2.72. The van der Waals surface area contributed by atoms with Gasteiger partial charge in [0.2, 0.25) is 0 Å². The van der Waals surface area contributed by atoms with E-state index in [2.05, 4.69) is 25.2 Å². The van der Waals surface area contributed by atoms with Crippen LogP contribution in [0.3, 0.4) is 0 Å². The Morgan fingerprint density at radius 3 is 2.69 bits per heavy atom. The van der Waals surface area contributed by atoms with Crippen LogP contribution in [0.4, 0.5) is 5.82 Å². The summed E-state index contributed by atoms with van der Waals surface area (Å²) in [5, 5.41) is 13.3. The third-order valence-electron chi connectivity index (χ3n) is 5.56. The van der Waals surface area contributed by atoms with Crippen LogP contribution in [0.1, 0.15) is 34.7 Å². The quantitative estimate of drug-likeness (QED) is 0.558. The third-order valence-corrected chi connectivity index (χ3v) is 5.56. The molecule has 0 aromatic carbocycles. The van der Waals surface area contributed by atoms with Gasteiger partial charge < -0.3 is 30.4 Å². The summed E-state index contributed by atoms with van der Waals surface area (Å²) in [6, 6.07) is 0.879. The van der Waals surface area contributed by atoms with Crippen molar-refractivity contribution in [2.24, 2.45) is 12.8 Å². The first-order valence-corrected chi connectivity index (χ1v) is 9.99. The van der Waals surface area contributed by atoms with E-state index < -0.39 is 5.97 Å². The highest BCUT2D eigenvalue weighted by molar-refractivity contribution is 5.89. The molecule has 2 aromatic heterocycles. The van der Waals surface area contributed by atoms with E-state index in [9.17, 15) is 9.90 Å². The number of nitrogens with one attached hydrogen (secondary N) is 1. The summed E-state index contributed by atoms with van der Waals surface area (Å²) in [6.07, 6.45) is 6.82. The van der Waals surface area contributed by atoms with Gasteiger partial charge >= 0.3 is 12.0 Å². The summed E-state index contributed by atoms with van der Waals surface area (Å²) in [5.41, 5.74) is 6.31. The zero-order chi connectivity index (χ0) is 20.4. The number of nitrogens with two attached hydrogens (primary N) is 1. The van der Waals surface area contributed by atoms with E-state index in [-0.39, 0.29) is 11.7 Å². The van der Waals surface area contributed by atoms with Crippen molar-refractivity contribution in [1.29, 1.82) is 0 Å². The van der Waals surface area contributed by atoms with Crippen molar-refractivity contribution in [2.75, 3.05) is 31.1 Å². The molecule has 2 bridgehead atoms. The van der Waals surface area contributed by atoms with Gasteiger partial charge in [0.1, 0.15) is 11.6 Å². The predicted molar refractivity (Wildman–Crippen MR) is 106 cm³/mol. The van der Waals surface area contributed by atoms with Crippen molar-refractivity contribution in [3.05, 3.63) is 29.5 Å². The number of carbonyl (C=O) groups is 1. The van der Waals surface area contributed by atoms with Gasteiger partial charge in [0, 0.05) is 56.6 Å². The molecule has 2 aromatic rings. The van der Waals surface area contributed by atoms with E-state index in [1.807, 2.05) is 17.8 Å². The van der Waals surface area contributed by atoms with Crippen LogP contribution in [0.15, 0.2) is 12.4 Å². The van der Waals surface area contributed by atoms with Gasteiger partial charge in [-0.25, -0.2) is 9.78 Å². The van der Waals surface area contributed by atoms with Crippen LogP contribution in [0.25, 0.3) is 0 Å². The molecule has 10 nitrogen and oxygen atoms in total. The number of fused-ring (bicyclic) bond motifs is 2. The largest absolute Gasteiger partial charge is 0.476 e. The van der Waals surface area contributed by atoms with Gasteiger partial charge in [-0.15, -0.1) is 0 Å². The van der Waals surface area contributed by atoms with Crippen molar-refractivity contribution in [2.45, 2.75) is 37.8 Å². The van der Waals surface area contributed by atoms with E-state index in [4.69, 9.17) is 10.5 Å². The molecule has 156 valence electrons. The molecule has 2 fully saturated rings. The van der Waals surface area contributed by atoms with E-state index in [1.54, 1.807) is 6.20 Å². The summed E-state index contributed by atoms with van der Waals surface area (Å²) in [4.78, 5) is 27.1. The summed E-state index contributed by atoms with van der Waals surface area (Å²) < 4.78 is 7.66. The van der Waals surface area contributed by atoms with Gasteiger partial charge in [-0.2, -0.15) is 9.97 Å². The molecule has 29 heavy (non-hydrogen) atoms. The van der Waals surface area contributed by atoms with Crippen LogP contribution in [-0.4, -0.2) is 68.9 Å². The zero-order valence-electron chi connectivity index (χ0n) is 16.5. The average molecular weight is 401 g/mol. The second-order valence-electron chi connectivity index (χ2n) is 7.60. The second kappa shape index (κ2) is 8.34. The maximum Gasteiger partial charge on any atom is 0.355 e. The van der Waals surface area contributed by atoms with Gasteiger partial charge in [-0.3, -0.25) is 0 Å². The molecule has 0 amide bonds. The molecule has 0 radical (unpaired) electrons. The number of aromatic carboxylic acids is 1. The first kappa shape index (κ1) is 19.6. The number of imidazole rings is 1. The number of anilines is 1. The minimum Gasteiger partial charge on any atom is -0.476 e. The number of carboxylic acids is 1. The lowest BCUT2D eigenvalue weighted by Gasteiger charge is -2.35. The van der Waals surface area contributed by atoms with Gasteiger partial charge in [-0.1, -0.05) is 0 Å². The molecule has 0 aliphatic carbocycles. The number of carboxylic acid groups (broad SMARTS) is 1. The monoisotopic (exact) mass is 401 g/mol. The molecule has 2 atom stereocenters. The maximum absolute atomic E-state index is 11.9. The topological polar surface area (TPSA) is 131 Å². The first-order chi connectivity index (χ1) is 14.0. The Morgan fingerprint density at radius 2 is 2.07 bits per heavy atom. The van der Waals surface area contributed by atoms with Gasteiger partial charge in [0.05, 0.1) is 6.61 Å². The first-order valence-electron chi connectivity index (χ1n) is 9.99. The summed E-state index contributed by atoms with van der Waals surface area (Å²) in [5.74, 6) is 0.416. The van der Waals surface area contributed by atoms with Gasteiger partial charge in [0.15, 0.2) is 5.69 Å². The predicted octanol–water partition coefficient (Wildman–Crippen LogP) is -0.0284. The van der Waals surface area contributed by atoms with E-state index >= 15 is 0 Å². The fourth-order valence-electron chi connectivity index (χ4n) is 4.17. The van der Waals surface area contributed by atoms with Crippen molar-refractivity contribution in [3.8, 4) is 6.01 Å². The van der Waals surface area contributed by atoms with Crippen LogP contribution in [0.2, 0.25) is 0 Å². The minimum atomic E-state index is -1.09. The van der Waals surface area contributed by atoms with Crippen LogP contribution in [0, 0.1) is 0 Å². The molecule has 2 aliphatic heterocycles. The minimum absolute atomic E-state index is 0.0293. The van der Waals surface area contributed by atoms with Crippen LogP contribution in [-0.2, 0) is 19.9 Å². The summed E-state index contributed by atoms with van der Waals surface area (Å²) in [7, 11) is 1.92. The van der Waals surface area contributed by atoms with E-state index in [0.717, 1.165) is 31.8 Å². The standard InChI is InChI=1S/C19H27N7O3/c1-25-8-7-21-15(25)5-9-29-19-23-16(18(27)28)14(4-6-20)17(24-19)26-10-12-2-3-13(11-26)22-12/h7-8,12-13,22H,2-6,9-11,20H2,1H3,(H,27,28). The Bertz CT molecular complexity index is 873. The molecule has 0 saturated carbocycles. The maximum atomic E-state index is 11.9. The highest BCUT2D eigenvalue weighted by Crippen LogP contribution is 2.29. The fraction of sp³-hybridized carbons (Fsp3) is 0.579. The molecule has 4 rings (SSSR count). The van der Waals surface area contributed by atoms with Crippen LogP contribution >= 0.6 is 0 Å². The highest BCUT2D eigenvalue weighted by Gasteiger charge is 2.34. The average Bonchev–Trinajstić information content (AvgIpc) is 3.26. The number of nitrogens with zero attached hydrogens (tertiary/aromatic N) is 5. The highest BCUT2D eigenvalue weighted by atomic mass is 16.5. The number of ether oxygens (including phenoxy) is 1. The molecule has 10 heteroatoms. The number of piperazine rings is 1. The zero-order valence-corrected chi connectivity index (χ0v) is 16.5. The molecular weight excluding hydrogens is 374 g/mol. The molecule has 4 heterocycles. The van der Waals surface area contributed by atoms with E-state index in [1.165, 1.54) is 0 Å². The normalized spacial score (nSPS) is 20.8. The molecule has 2 unspecified atom stereocenters. The van der Waals surface area contributed by atoms with Crippen molar-refractivity contribution < 1.29 is 14.6 Å². The fourth-order valence-corrected chi connectivity index (χ4v) is 4.17. The number of aryl methyl sites for hydroxylation is 1. The summed E-state index contributed by atoms with van der Waals surface area (Å²) in [6.45, 7) is 2.22. The van der Waals surface area contributed by atoms with E-state index in [0.29, 0.717) is 49.5 Å². The number of hydrogen-bond donors (Lipinski definition) is 3. The Morgan fingerprint density at radius 1 is 1.31 bits per heavy atom. The SMILES string of the molecule is Cn1ccnc1CCOc1nc(C(=O)O)c(CCN)c(N2CC3CCC(C2)N3)n1. The molecule has 4 N–H and O–H groups in total. The lowest BCUT2D eigenvalue weighted by Crippen LogP contribution is -2.51. The van der Waals surface area contributed by atoms with Crippen molar-refractivity contribution >= 4 is 11.8 Å². The number of aromatic nitrogens is 4. The molecule has 2 saturated heterocycles. The third kappa shape index (κ3) is 4.18. The molecular formula is C19H27N7O3. The Balaban J connectivity index is 1.60. The van der Waals surface area contributed by atoms with Gasteiger partial charge in [0.25, 0.3) is 0 Å². The van der Waals surface area contributed by atoms with Crippen molar-refractivity contribution in [1.82, 2.24) is 24.8 Å².